The Kier molecular flexibility index (Phi) is 4.50. The van der Waals surface area contributed by atoms with E-state index in [-0.39, 0.29) is 17.2 Å². The molecule has 3 N–H and O–H groups in total. The second kappa shape index (κ2) is 7.12. The molecule has 0 saturated heterocycles. The van der Waals surface area contributed by atoms with Crippen LogP contribution < -0.4 is 26.0 Å². The molecule has 8 nitrogen and oxygen atoms in total. The molecule has 5 rings (SSSR count). The van der Waals surface area contributed by atoms with Crippen molar-refractivity contribution in [3.05, 3.63) is 88.6 Å². The molecule has 0 radical (unpaired) electrons. The van der Waals surface area contributed by atoms with E-state index in [1.165, 1.54) is 7.11 Å². The highest BCUT2D eigenvalue weighted by Gasteiger charge is 2.42. The lowest BCUT2D eigenvalue weighted by Gasteiger charge is -2.28. The van der Waals surface area contributed by atoms with Crippen molar-refractivity contribution in [3.63, 3.8) is 0 Å². The lowest BCUT2D eigenvalue weighted by molar-refractivity contribution is 0.103. The smallest absolute Gasteiger partial charge is 0.327 e. The number of hydrogen-bond donors (Lipinski definition) is 3. The molecule has 9 heteroatoms. The van der Waals surface area contributed by atoms with Gasteiger partial charge in [0.1, 0.15) is 5.82 Å². The molecule has 1 aliphatic carbocycles. The lowest BCUT2D eigenvalue weighted by atomic mass is 9.81. The van der Waals surface area contributed by atoms with Crippen molar-refractivity contribution in [2.24, 2.45) is 0 Å². The summed E-state index contributed by atoms with van der Waals surface area (Å²) >= 11 is 2.12. The van der Waals surface area contributed by atoms with Gasteiger partial charge in [0, 0.05) is 22.6 Å². The summed E-state index contributed by atoms with van der Waals surface area (Å²) < 4.78 is 11.7. The highest BCUT2D eigenvalue weighted by Crippen LogP contribution is 2.49. The third kappa shape index (κ3) is 2.83. The van der Waals surface area contributed by atoms with E-state index in [1.807, 2.05) is 18.2 Å². The third-order valence-corrected chi connectivity index (χ3v) is 6.35. The molecule has 0 spiro atoms. The van der Waals surface area contributed by atoms with Crippen molar-refractivity contribution in [3.8, 4) is 11.5 Å². The number of hydrogen-bond acceptors (Lipinski definition) is 6. The van der Waals surface area contributed by atoms with Gasteiger partial charge in [-0.1, -0.05) is 24.3 Å². The van der Waals surface area contributed by atoms with Crippen molar-refractivity contribution in [1.82, 2.24) is 9.97 Å². The number of anilines is 1. The van der Waals surface area contributed by atoms with Crippen molar-refractivity contribution >= 4 is 39.9 Å². The quantitative estimate of drug-likeness (QED) is 0.450. The summed E-state index contributed by atoms with van der Waals surface area (Å²) in [5, 5.41) is 3.12. The van der Waals surface area contributed by atoms with Gasteiger partial charge in [-0.05, 0) is 40.3 Å². The number of nitrogens with one attached hydrogen (secondary N) is 3. The van der Waals surface area contributed by atoms with E-state index < -0.39 is 17.2 Å². The van der Waals surface area contributed by atoms with Crippen LogP contribution in [0.15, 0.2) is 51.6 Å². The zero-order valence-corrected chi connectivity index (χ0v) is 18.6. The number of Topliss-reactive ketones (excluding diaryl/α,β-unsaturated/α-hetero) is 1. The molecule has 1 aliphatic heterocycles. The first kappa shape index (κ1) is 19.6. The zero-order chi connectivity index (χ0) is 21.9. The molecular formula is C22H16IN3O5. The zero-order valence-electron chi connectivity index (χ0n) is 16.5. The van der Waals surface area contributed by atoms with Gasteiger partial charge in [0.25, 0.3) is 5.56 Å². The molecule has 3 aromatic rings. The van der Waals surface area contributed by atoms with E-state index in [0.717, 1.165) is 9.13 Å². The standard InChI is InChI=1S/C22H16IN3O5/c1-30-13-8-9(7-12(23)19(13)31-2)14-15-17(10-5-3-4-6-11(10)18(15)27)24-20-16(14)21(28)26-22(29)25-20/h3-8,14H,1-2H3,(H3,24,25,26,28,29). The molecule has 31 heavy (non-hydrogen) atoms. The van der Waals surface area contributed by atoms with Crippen molar-refractivity contribution in [2.75, 3.05) is 19.5 Å². The van der Waals surface area contributed by atoms with Crippen LogP contribution in [0.4, 0.5) is 5.82 Å². The second-order valence-electron chi connectivity index (χ2n) is 7.16. The largest absolute Gasteiger partial charge is 0.493 e. The first-order valence-corrected chi connectivity index (χ1v) is 10.5. The molecule has 2 heterocycles. The maximum absolute atomic E-state index is 13.4. The molecule has 0 bridgehead atoms. The van der Waals surface area contributed by atoms with Crippen LogP contribution in [0.5, 0.6) is 11.5 Å². The third-order valence-electron chi connectivity index (χ3n) is 5.55. The maximum atomic E-state index is 13.4. The summed E-state index contributed by atoms with van der Waals surface area (Å²) in [6.07, 6.45) is 0. The maximum Gasteiger partial charge on any atom is 0.327 e. The topological polar surface area (TPSA) is 113 Å². The SMILES string of the molecule is COc1cc(C2C3=C(Nc4[nH]c(=O)[nH]c(=O)c42)c2ccccc2C3=O)cc(I)c1OC. The highest BCUT2D eigenvalue weighted by atomic mass is 127. The minimum Gasteiger partial charge on any atom is -0.493 e. The van der Waals surface area contributed by atoms with Gasteiger partial charge in [0.15, 0.2) is 17.3 Å². The second-order valence-corrected chi connectivity index (χ2v) is 8.32. The van der Waals surface area contributed by atoms with Gasteiger partial charge >= 0.3 is 5.69 Å². The molecule has 0 fully saturated rings. The lowest BCUT2D eigenvalue weighted by Crippen LogP contribution is -2.33. The Hall–Kier alpha value is -3.34. The van der Waals surface area contributed by atoms with E-state index >= 15 is 0 Å². The van der Waals surface area contributed by atoms with Gasteiger partial charge in [-0.15, -0.1) is 0 Å². The van der Waals surface area contributed by atoms with E-state index in [4.69, 9.17) is 9.47 Å². The number of ketones is 1. The van der Waals surface area contributed by atoms with Gasteiger partial charge in [-0.3, -0.25) is 19.6 Å². The van der Waals surface area contributed by atoms with Crippen LogP contribution in [0, 0.1) is 3.57 Å². The number of carbonyl (C=O) groups excluding carboxylic acids is 1. The normalized spacial score (nSPS) is 16.4. The van der Waals surface area contributed by atoms with Crippen molar-refractivity contribution < 1.29 is 14.3 Å². The number of rotatable bonds is 3. The monoisotopic (exact) mass is 529 g/mol. The number of H-pyrrole nitrogens is 2. The Morgan fingerprint density at radius 1 is 0.968 bits per heavy atom. The fourth-order valence-corrected chi connectivity index (χ4v) is 5.14. The fourth-order valence-electron chi connectivity index (χ4n) is 4.29. The predicted octanol–water partition coefficient (Wildman–Crippen LogP) is 2.85. The molecule has 0 saturated carbocycles. The molecule has 2 aliphatic rings. The number of allylic oxidation sites excluding steroid dienone is 1. The molecule has 0 amide bonds. The molecule has 1 atom stereocenters. The highest BCUT2D eigenvalue weighted by molar-refractivity contribution is 14.1. The Morgan fingerprint density at radius 3 is 2.42 bits per heavy atom. The summed E-state index contributed by atoms with van der Waals surface area (Å²) in [5.41, 5.74) is 2.08. The van der Waals surface area contributed by atoms with E-state index in [9.17, 15) is 14.4 Å². The average molecular weight is 529 g/mol. The number of ether oxygens (including phenoxy) is 2. The molecule has 1 aromatic heterocycles. The number of carbonyl (C=O) groups is 1. The Labute approximate surface area is 189 Å². The average Bonchev–Trinajstić information content (AvgIpc) is 3.03. The van der Waals surface area contributed by atoms with Crippen molar-refractivity contribution in [1.29, 1.82) is 0 Å². The van der Waals surface area contributed by atoms with Crippen molar-refractivity contribution in [2.45, 2.75) is 5.92 Å². The fraction of sp³-hybridized carbons (Fsp3) is 0.136. The van der Waals surface area contributed by atoms with Gasteiger partial charge < -0.3 is 14.8 Å². The summed E-state index contributed by atoms with van der Waals surface area (Å²) in [6.45, 7) is 0. The Morgan fingerprint density at radius 2 is 1.71 bits per heavy atom. The number of benzene rings is 2. The van der Waals surface area contributed by atoms with Crippen LogP contribution in [0.1, 0.15) is 33.0 Å². The number of aromatic amines is 2. The minimum atomic E-state index is -0.708. The summed E-state index contributed by atoms with van der Waals surface area (Å²) in [6, 6.07) is 10.8. The van der Waals surface area contributed by atoms with Gasteiger partial charge in [0.05, 0.1) is 29.1 Å². The van der Waals surface area contributed by atoms with Crippen LogP contribution in [-0.2, 0) is 0 Å². The molecule has 1 unspecified atom stereocenters. The first-order chi connectivity index (χ1) is 14.9. The van der Waals surface area contributed by atoms with E-state index in [0.29, 0.717) is 33.9 Å². The van der Waals surface area contributed by atoms with Crippen LogP contribution in [0.3, 0.4) is 0 Å². The molecule has 156 valence electrons. The van der Waals surface area contributed by atoms with Crippen LogP contribution in [0.2, 0.25) is 0 Å². The van der Waals surface area contributed by atoms with Gasteiger partial charge in [-0.2, -0.15) is 0 Å². The van der Waals surface area contributed by atoms with Crippen LogP contribution >= 0.6 is 22.6 Å². The van der Waals surface area contributed by atoms with Gasteiger partial charge in [0.2, 0.25) is 0 Å². The minimum absolute atomic E-state index is 0.163. The molecular weight excluding hydrogens is 513 g/mol. The summed E-state index contributed by atoms with van der Waals surface area (Å²) in [5.74, 6) is 0.443. The van der Waals surface area contributed by atoms with E-state index in [1.54, 1.807) is 25.3 Å². The number of methoxy groups -OCH3 is 2. The van der Waals surface area contributed by atoms with Crippen LogP contribution in [0.25, 0.3) is 5.70 Å². The summed E-state index contributed by atoms with van der Waals surface area (Å²) in [7, 11) is 3.08. The summed E-state index contributed by atoms with van der Waals surface area (Å²) in [4.78, 5) is 43.2. The van der Waals surface area contributed by atoms with E-state index in [2.05, 4.69) is 37.9 Å². The Balaban J connectivity index is 1.84. The first-order valence-electron chi connectivity index (χ1n) is 9.37. The number of halogens is 1. The van der Waals surface area contributed by atoms with Crippen LogP contribution in [-0.4, -0.2) is 30.0 Å². The number of fused-ring (bicyclic) bond motifs is 3. The molecule has 2 aromatic carbocycles. The number of aromatic nitrogens is 2. The predicted molar refractivity (Wildman–Crippen MR) is 123 cm³/mol. The van der Waals surface area contributed by atoms with Gasteiger partial charge in [-0.25, -0.2) is 4.79 Å². The Bertz CT molecular complexity index is 1420.